The molecule has 0 aliphatic rings. The van der Waals surface area contributed by atoms with Crippen LogP contribution in [0, 0.1) is 0 Å². The van der Waals surface area contributed by atoms with Gasteiger partial charge in [0, 0.05) is 6.54 Å². The van der Waals surface area contributed by atoms with Crippen LogP contribution in [0.3, 0.4) is 0 Å². The maximum Gasteiger partial charge on any atom is 0.401 e. The highest BCUT2D eigenvalue weighted by molar-refractivity contribution is 5.69. The molecule has 102 valence electrons. The maximum absolute atomic E-state index is 12.1. The lowest BCUT2D eigenvalue weighted by atomic mass is 10.2. The van der Waals surface area contributed by atoms with E-state index in [0.717, 1.165) is 4.90 Å². The number of halogens is 3. The van der Waals surface area contributed by atoms with Crippen molar-refractivity contribution in [2.45, 2.75) is 32.5 Å². The van der Waals surface area contributed by atoms with Crippen LogP contribution in [-0.4, -0.2) is 54.5 Å². The van der Waals surface area contributed by atoms with E-state index in [1.54, 1.807) is 13.8 Å². The zero-order valence-corrected chi connectivity index (χ0v) is 9.96. The van der Waals surface area contributed by atoms with Crippen LogP contribution in [0.5, 0.6) is 0 Å². The molecule has 0 bridgehead atoms. The fraction of sp³-hybridized carbons (Fsp3) is 0.900. The molecule has 0 spiro atoms. The number of aliphatic hydroxyl groups excluding tert-OH is 1. The van der Waals surface area contributed by atoms with Crippen molar-refractivity contribution in [1.29, 1.82) is 0 Å². The Balaban J connectivity index is 4.06. The molecular weight excluding hydrogens is 239 g/mol. The number of nitrogens with zero attached hydrogens (tertiary/aromatic N) is 1. The van der Waals surface area contributed by atoms with Gasteiger partial charge in [-0.2, -0.15) is 13.2 Å². The monoisotopic (exact) mass is 257 g/mol. The summed E-state index contributed by atoms with van der Waals surface area (Å²) in [5, 5.41) is 9.43. The fourth-order valence-corrected chi connectivity index (χ4v) is 1.33. The Labute approximate surface area is 98.3 Å². The lowest BCUT2D eigenvalue weighted by Crippen LogP contribution is -2.39. The number of carbonyl (C=O) groups is 1. The highest BCUT2D eigenvalue weighted by Crippen LogP contribution is 2.16. The maximum atomic E-state index is 12.1. The van der Waals surface area contributed by atoms with Gasteiger partial charge in [-0.25, -0.2) is 0 Å². The number of rotatable bonds is 7. The normalized spacial score (nSPS) is 13.8. The molecule has 0 radical (unpaired) electrons. The first-order valence-electron chi connectivity index (χ1n) is 5.41. The number of esters is 1. The summed E-state index contributed by atoms with van der Waals surface area (Å²) in [5.41, 5.74) is 0. The highest BCUT2D eigenvalue weighted by Gasteiger charge is 2.31. The van der Waals surface area contributed by atoms with Crippen molar-refractivity contribution in [1.82, 2.24) is 4.90 Å². The second kappa shape index (κ2) is 7.50. The largest absolute Gasteiger partial charge is 0.466 e. The molecule has 7 heteroatoms. The van der Waals surface area contributed by atoms with E-state index in [4.69, 9.17) is 0 Å². The van der Waals surface area contributed by atoms with Crippen molar-refractivity contribution >= 4 is 5.97 Å². The summed E-state index contributed by atoms with van der Waals surface area (Å²) in [4.78, 5) is 12.0. The summed E-state index contributed by atoms with van der Waals surface area (Å²) >= 11 is 0. The van der Waals surface area contributed by atoms with Gasteiger partial charge in [0.25, 0.3) is 0 Å². The first-order valence-corrected chi connectivity index (χ1v) is 5.41. The SMILES string of the molecule is CCOC(=O)CC(O)CN(CC)CC(F)(F)F. The summed E-state index contributed by atoms with van der Waals surface area (Å²) in [6.07, 6.45) is -5.74. The number of alkyl halides is 3. The van der Waals surface area contributed by atoms with Crippen LogP contribution in [0.25, 0.3) is 0 Å². The predicted octanol–water partition coefficient (Wildman–Crippen LogP) is 1.18. The van der Waals surface area contributed by atoms with Gasteiger partial charge in [-0.15, -0.1) is 0 Å². The topological polar surface area (TPSA) is 49.8 Å². The summed E-state index contributed by atoms with van der Waals surface area (Å²) in [6.45, 7) is 2.22. The molecule has 0 aromatic carbocycles. The van der Waals surface area contributed by atoms with Crippen LogP contribution in [-0.2, 0) is 9.53 Å². The van der Waals surface area contributed by atoms with Gasteiger partial charge in [-0.05, 0) is 13.5 Å². The first-order chi connectivity index (χ1) is 7.78. The van der Waals surface area contributed by atoms with Crippen molar-refractivity contribution in [3.8, 4) is 0 Å². The minimum absolute atomic E-state index is 0.152. The van der Waals surface area contributed by atoms with Gasteiger partial charge in [0.05, 0.1) is 25.7 Å². The summed E-state index contributed by atoms with van der Waals surface area (Å²) in [6, 6.07) is 0. The van der Waals surface area contributed by atoms with Crippen molar-refractivity contribution in [3.05, 3.63) is 0 Å². The molecule has 0 aromatic rings. The average molecular weight is 257 g/mol. The molecule has 0 saturated carbocycles. The lowest BCUT2D eigenvalue weighted by Gasteiger charge is -2.24. The molecule has 0 amide bonds. The average Bonchev–Trinajstić information content (AvgIpc) is 2.14. The van der Waals surface area contributed by atoms with Gasteiger partial charge >= 0.3 is 12.1 Å². The second-order valence-electron chi connectivity index (χ2n) is 3.61. The van der Waals surface area contributed by atoms with Gasteiger partial charge in [0.2, 0.25) is 0 Å². The smallest absolute Gasteiger partial charge is 0.401 e. The number of carbonyl (C=O) groups excluding carboxylic acids is 1. The Morgan fingerprint density at radius 3 is 2.41 bits per heavy atom. The minimum atomic E-state index is -4.31. The van der Waals surface area contributed by atoms with Crippen LogP contribution in [0.1, 0.15) is 20.3 Å². The number of likely N-dealkylation sites (N-methyl/N-ethyl adjacent to an activating group) is 1. The van der Waals surface area contributed by atoms with Crippen molar-refractivity contribution in [2.75, 3.05) is 26.2 Å². The Hall–Kier alpha value is -0.820. The third-order valence-electron chi connectivity index (χ3n) is 2.03. The van der Waals surface area contributed by atoms with Crippen molar-refractivity contribution in [2.24, 2.45) is 0 Å². The number of ether oxygens (including phenoxy) is 1. The molecule has 0 rings (SSSR count). The molecule has 0 aliphatic carbocycles. The van der Waals surface area contributed by atoms with Crippen molar-refractivity contribution < 1.29 is 27.8 Å². The van der Waals surface area contributed by atoms with Crippen LogP contribution in [0.15, 0.2) is 0 Å². The first kappa shape index (κ1) is 16.2. The molecule has 1 N–H and O–H groups in total. The molecule has 4 nitrogen and oxygen atoms in total. The summed E-state index contributed by atoms with van der Waals surface area (Å²) in [7, 11) is 0. The van der Waals surface area contributed by atoms with E-state index in [1.165, 1.54) is 0 Å². The Kier molecular flexibility index (Phi) is 7.13. The fourth-order valence-electron chi connectivity index (χ4n) is 1.33. The molecule has 1 unspecified atom stereocenters. The van der Waals surface area contributed by atoms with Gasteiger partial charge in [-0.3, -0.25) is 9.69 Å². The van der Waals surface area contributed by atoms with Gasteiger partial charge < -0.3 is 9.84 Å². The van der Waals surface area contributed by atoms with Gasteiger partial charge in [-0.1, -0.05) is 6.92 Å². The van der Waals surface area contributed by atoms with Crippen LogP contribution >= 0.6 is 0 Å². The van der Waals surface area contributed by atoms with E-state index in [9.17, 15) is 23.1 Å². The van der Waals surface area contributed by atoms with E-state index in [-0.39, 0.29) is 26.1 Å². The molecule has 0 saturated heterocycles. The third kappa shape index (κ3) is 8.93. The van der Waals surface area contributed by atoms with Crippen LogP contribution < -0.4 is 0 Å². The zero-order chi connectivity index (χ0) is 13.5. The van der Waals surface area contributed by atoms with Crippen LogP contribution in [0.4, 0.5) is 13.2 Å². The van der Waals surface area contributed by atoms with Crippen LogP contribution in [0.2, 0.25) is 0 Å². The van der Waals surface area contributed by atoms with E-state index in [1.807, 2.05) is 0 Å². The lowest BCUT2D eigenvalue weighted by molar-refractivity contribution is -0.150. The molecule has 0 fully saturated rings. The minimum Gasteiger partial charge on any atom is -0.466 e. The molecule has 1 atom stereocenters. The molecule has 0 aromatic heterocycles. The van der Waals surface area contributed by atoms with Gasteiger partial charge in [0.15, 0.2) is 0 Å². The molecule has 17 heavy (non-hydrogen) atoms. The second-order valence-corrected chi connectivity index (χ2v) is 3.61. The number of hydrogen-bond acceptors (Lipinski definition) is 4. The molecular formula is C10H18F3NO3. The zero-order valence-electron chi connectivity index (χ0n) is 9.96. The number of hydrogen-bond donors (Lipinski definition) is 1. The summed E-state index contributed by atoms with van der Waals surface area (Å²) in [5.74, 6) is -0.608. The summed E-state index contributed by atoms with van der Waals surface area (Å²) < 4.78 is 40.9. The standard InChI is InChI=1S/C10H18F3NO3/c1-3-14(7-10(11,12)13)6-8(15)5-9(16)17-4-2/h8,15H,3-7H2,1-2H3. The Bertz CT molecular complexity index is 233. The van der Waals surface area contributed by atoms with E-state index >= 15 is 0 Å². The third-order valence-corrected chi connectivity index (χ3v) is 2.03. The van der Waals surface area contributed by atoms with Gasteiger partial charge in [0.1, 0.15) is 0 Å². The predicted molar refractivity (Wildman–Crippen MR) is 55.4 cm³/mol. The van der Waals surface area contributed by atoms with E-state index in [2.05, 4.69) is 4.74 Å². The van der Waals surface area contributed by atoms with Crippen molar-refractivity contribution in [3.63, 3.8) is 0 Å². The molecule has 0 aliphatic heterocycles. The highest BCUT2D eigenvalue weighted by atomic mass is 19.4. The Morgan fingerprint density at radius 2 is 2.00 bits per heavy atom. The van der Waals surface area contributed by atoms with E-state index in [0.29, 0.717) is 0 Å². The molecule has 0 heterocycles. The quantitative estimate of drug-likeness (QED) is 0.696. The number of aliphatic hydroxyl groups is 1. The Morgan fingerprint density at radius 1 is 1.41 bits per heavy atom. The van der Waals surface area contributed by atoms with E-state index < -0.39 is 24.8 Å².